The first-order valence-electron chi connectivity index (χ1n) is 8.95. The maximum absolute atomic E-state index is 13.4. The number of rotatable bonds is 3. The Morgan fingerprint density at radius 1 is 1.25 bits per heavy atom. The van der Waals surface area contributed by atoms with Crippen LogP contribution in [0.25, 0.3) is 11.0 Å². The summed E-state index contributed by atoms with van der Waals surface area (Å²) in [4.78, 5) is 23.9. The van der Waals surface area contributed by atoms with E-state index in [9.17, 15) is 13.6 Å². The lowest BCUT2D eigenvalue weighted by Gasteiger charge is -2.28. The Morgan fingerprint density at radius 3 is 2.82 bits per heavy atom. The second kappa shape index (κ2) is 7.35. The molecule has 0 spiro atoms. The van der Waals surface area contributed by atoms with Crippen molar-refractivity contribution in [3.8, 4) is 0 Å². The Kier molecular flexibility index (Phi) is 4.89. The van der Waals surface area contributed by atoms with Crippen molar-refractivity contribution >= 4 is 40.0 Å². The maximum atomic E-state index is 13.4. The minimum atomic E-state index is -2.61. The smallest absolute Gasteiger partial charge is 0.323 e. The summed E-state index contributed by atoms with van der Waals surface area (Å²) in [6, 6.07) is 6.40. The van der Waals surface area contributed by atoms with Gasteiger partial charge in [0, 0.05) is 42.5 Å². The van der Waals surface area contributed by atoms with Crippen LogP contribution >= 0.6 is 11.6 Å². The molecule has 6 nitrogen and oxygen atoms in total. The number of hydrogen-bond donors (Lipinski definition) is 3. The first-order valence-corrected chi connectivity index (χ1v) is 9.33. The average Bonchev–Trinajstić information content (AvgIpc) is 3.04. The molecule has 0 unspecified atom stereocenters. The first kappa shape index (κ1) is 18.6. The van der Waals surface area contributed by atoms with Crippen LogP contribution in [0.4, 0.5) is 25.0 Å². The van der Waals surface area contributed by atoms with Gasteiger partial charge in [0.15, 0.2) is 0 Å². The third-order valence-corrected chi connectivity index (χ3v) is 5.08. The minimum absolute atomic E-state index is 0.0975. The van der Waals surface area contributed by atoms with E-state index in [2.05, 4.69) is 25.6 Å². The van der Waals surface area contributed by atoms with Crippen molar-refractivity contribution in [1.82, 2.24) is 15.0 Å². The largest absolute Gasteiger partial charge is 0.358 e. The number of halogens is 3. The fourth-order valence-corrected chi connectivity index (χ4v) is 3.68. The summed E-state index contributed by atoms with van der Waals surface area (Å²) < 4.78 is 26.8. The van der Waals surface area contributed by atoms with Crippen molar-refractivity contribution in [2.75, 3.05) is 10.6 Å². The highest BCUT2D eigenvalue weighted by Gasteiger charge is 2.36. The molecule has 0 bridgehead atoms. The molecule has 0 aromatic carbocycles. The first-order chi connectivity index (χ1) is 13.4. The molecule has 3 aromatic heterocycles. The Bertz CT molecular complexity index is 1010. The van der Waals surface area contributed by atoms with Gasteiger partial charge in [0.05, 0.1) is 11.2 Å². The van der Waals surface area contributed by atoms with E-state index in [1.807, 2.05) is 6.07 Å². The summed E-state index contributed by atoms with van der Waals surface area (Å²) in [5.74, 6) is -2.71. The predicted octanol–water partition coefficient (Wildman–Crippen LogP) is 5.55. The lowest BCUT2D eigenvalue weighted by Crippen LogP contribution is -2.24. The van der Waals surface area contributed by atoms with Crippen molar-refractivity contribution in [1.29, 1.82) is 0 Å². The van der Waals surface area contributed by atoms with Crippen LogP contribution in [0.3, 0.4) is 0 Å². The lowest BCUT2D eigenvalue weighted by atomic mass is 9.84. The van der Waals surface area contributed by atoms with Crippen molar-refractivity contribution < 1.29 is 13.6 Å². The molecule has 2 amide bonds. The molecule has 1 fully saturated rings. The zero-order valence-electron chi connectivity index (χ0n) is 14.8. The van der Waals surface area contributed by atoms with Crippen LogP contribution in [0, 0.1) is 0 Å². The molecular formula is C19H18ClF2N5O. The van der Waals surface area contributed by atoms with E-state index >= 15 is 0 Å². The molecule has 0 radical (unpaired) electrons. The number of carbonyl (C=O) groups excluding carboxylic acids is 1. The van der Waals surface area contributed by atoms with Gasteiger partial charge >= 0.3 is 6.03 Å². The van der Waals surface area contributed by atoms with Gasteiger partial charge in [0.2, 0.25) is 5.92 Å². The van der Waals surface area contributed by atoms with E-state index in [1.54, 1.807) is 24.5 Å². The van der Waals surface area contributed by atoms with Gasteiger partial charge in [-0.25, -0.2) is 18.6 Å². The highest BCUT2D eigenvalue weighted by molar-refractivity contribution is 6.29. The zero-order valence-corrected chi connectivity index (χ0v) is 15.6. The molecule has 3 aromatic rings. The number of carbonyl (C=O) groups is 1. The Morgan fingerprint density at radius 2 is 2.04 bits per heavy atom. The number of nitrogens with zero attached hydrogens (tertiary/aromatic N) is 2. The summed E-state index contributed by atoms with van der Waals surface area (Å²) in [7, 11) is 0. The number of urea groups is 1. The standard InChI is InChI=1S/C19H18ClF2N5O/c20-16-9-12(8-14(26-16)11-3-5-19(21,22)6-4-11)25-18(28)27-15-10-24-13-2-1-7-23-17(13)15/h1-2,7-11,24H,3-6H2,(H2,25,26,27,28). The molecule has 3 heterocycles. The van der Waals surface area contributed by atoms with Gasteiger partial charge < -0.3 is 15.6 Å². The SMILES string of the molecule is O=C(Nc1cc(Cl)nc(C2CCC(F)(F)CC2)c1)Nc1c[nH]c2cccnc12. The Hall–Kier alpha value is -2.74. The number of alkyl halides is 2. The monoisotopic (exact) mass is 405 g/mol. The number of H-pyrrole nitrogens is 1. The molecule has 0 aliphatic heterocycles. The number of nitrogens with one attached hydrogen (secondary N) is 3. The summed E-state index contributed by atoms with van der Waals surface area (Å²) in [6.07, 6.45) is 3.65. The van der Waals surface area contributed by atoms with E-state index in [1.165, 1.54) is 6.07 Å². The molecule has 28 heavy (non-hydrogen) atoms. The summed E-state index contributed by atoms with van der Waals surface area (Å²) in [5, 5.41) is 5.66. The van der Waals surface area contributed by atoms with Crippen LogP contribution in [0.1, 0.15) is 37.3 Å². The van der Waals surface area contributed by atoms with Crippen LogP contribution < -0.4 is 10.6 Å². The van der Waals surface area contributed by atoms with Crippen LogP contribution in [0.2, 0.25) is 5.15 Å². The van der Waals surface area contributed by atoms with Crippen molar-refractivity contribution in [3.63, 3.8) is 0 Å². The second-order valence-corrected chi connectivity index (χ2v) is 7.30. The Balaban J connectivity index is 1.47. The Labute approximate surface area is 164 Å². The van der Waals surface area contributed by atoms with E-state index in [4.69, 9.17) is 11.6 Å². The summed E-state index contributed by atoms with van der Waals surface area (Å²) in [5.41, 5.74) is 3.07. The van der Waals surface area contributed by atoms with E-state index < -0.39 is 12.0 Å². The number of anilines is 2. The van der Waals surface area contributed by atoms with Gasteiger partial charge in [-0.1, -0.05) is 11.6 Å². The summed E-state index contributed by atoms with van der Waals surface area (Å²) in [6.45, 7) is 0. The molecule has 1 aliphatic carbocycles. The number of fused-ring (bicyclic) bond motifs is 1. The number of hydrogen-bond acceptors (Lipinski definition) is 3. The summed E-state index contributed by atoms with van der Waals surface area (Å²) >= 11 is 6.08. The average molecular weight is 406 g/mol. The molecule has 146 valence electrons. The van der Waals surface area contributed by atoms with Gasteiger partial charge in [-0.2, -0.15) is 0 Å². The fraction of sp³-hybridized carbons (Fsp3) is 0.316. The highest BCUT2D eigenvalue weighted by atomic mass is 35.5. The number of pyridine rings is 2. The number of aromatic amines is 1. The van der Waals surface area contributed by atoms with Crippen molar-refractivity contribution in [2.24, 2.45) is 0 Å². The van der Waals surface area contributed by atoms with Gasteiger partial charge in [0.1, 0.15) is 10.7 Å². The molecule has 3 N–H and O–H groups in total. The molecule has 0 atom stereocenters. The third-order valence-electron chi connectivity index (χ3n) is 4.89. The van der Waals surface area contributed by atoms with E-state index in [-0.39, 0.29) is 23.9 Å². The predicted molar refractivity (Wildman–Crippen MR) is 104 cm³/mol. The third kappa shape index (κ3) is 4.06. The molecule has 1 saturated carbocycles. The highest BCUT2D eigenvalue weighted by Crippen LogP contribution is 2.41. The number of aromatic nitrogens is 3. The maximum Gasteiger partial charge on any atom is 0.323 e. The molecule has 9 heteroatoms. The molecule has 0 saturated heterocycles. The molecule has 4 rings (SSSR count). The van der Waals surface area contributed by atoms with Crippen LogP contribution in [-0.2, 0) is 0 Å². The second-order valence-electron chi connectivity index (χ2n) is 6.91. The van der Waals surface area contributed by atoms with Crippen molar-refractivity contribution in [3.05, 3.63) is 47.5 Å². The molecule has 1 aliphatic rings. The van der Waals surface area contributed by atoms with Gasteiger partial charge in [-0.15, -0.1) is 0 Å². The minimum Gasteiger partial charge on any atom is -0.358 e. The van der Waals surface area contributed by atoms with Crippen LogP contribution in [0.5, 0.6) is 0 Å². The van der Waals surface area contributed by atoms with E-state index in [0.29, 0.717) is 35.4 Å². The molecular weight excluding hydrogens is 388 g/mol. The normalized spacial score (nSPS) is 16.8. The lowest BCUT2D eigenvalue weighted by molar-refractivity contribution is -0.0384. The number of amides is 2. The topological polar surface area (TPSA) is 82.7 Å². The van der Waals surface area contributed by atoms with Gasteiger partial charge in [-0.3, -0.25) is 4.98 Å². The van der Waals surface area contributed by atoms with Crippen LogP contribution in [0.15, 0.2) is 36.7 Å². The zero-order chi connectivity index (χ0) is 19.7. The van der Waals surface area contributed by atoms with Crippen LogP contribution in [-0.4, -0.2) is 26.9 Å². The van der Waals surface area contributed by atoms with Gasteiger partial charge in [0.25, 0.3) is 0 Å². The van der Waals surface area contributed by atoms with Crippen molar-refractivity contribution in [2.45, 2.75) is 37.5 Å². The van der Waals surface area contributed by atoms with E-state index in [0.717, 1.165) is 5.52 Å². The fourth-order valence-electron chi connectivity index (χ4n) is 3.47. The van der Waals surface area contributed by atoms with Gasteiger partial charge in [-0.05, 0) is 37.1 Å². The quantitative estimate of drug-likeness (QED) is 0.500.